The molecule has 1 amide bonds. The number of hydrogen-bond donors (Lipinski definition) is 1. The molecule has 1 N–H and O–H groups in total. The predicted molar refractivity (Wildman–Crippen MR) is 109 cm³/mol. The molecule has 3 heterocycles. The Labute approximate surface area is 162 Å². The minimum atomic E-state index is -0.412. The topological polar surface area (TPSA) is 73.8 Å². The average Bonchev–Trinajstić information content (AvgIpc) is 3.26. The number of carbonyl (C=O) groups excluding carboxylic acids is 1. The van der Waals surface area contributed by atoms with Crippen LogP contribution < -0.4 is 0 Å². The van der Waals surface area contributed by atoms with Crippen LogP contribution in [-0.4, -0.2) is 31.5 Å². The number of hydrogen-bond acceptors (Lipinski definition) is 4. The lowest BCUT2D eigenvalue weighted by atomic mass is 10.1. The number of thioether (sulfide) groups is 1. The normalized spacial score (nSPS) is 18.2. The van der Waals surface area contributed by atoms with E-state index in [2.05, 4.69) is 26.0 Å². The highest BCUT2D eigenvalue weighted by molar-refractivity contribution is 9.10. The number of aliphatic imine (C=N–C) groups is 1. The van der Waals surface area contributed by atoms with E-state index in [1.807, 2.05) is 54.1 Å². The van der Waals surface area contributed by atoms with Gasteiger partial charge in [-0.1, -0.05) is 22.9 Å². The van der Waals surface area contributed by atoms with Gasteiger partial charge in [0.05, 0.1) is 5.57 Å². The Kier molecular flexibility index (Phi) is 4.37. The standard InChI is InChI=1S/C18H14BrN5OS/c1-2-15-22-24-16(20)14(17(25)21-18(24)26-15)10-13-4-3-9-23(13)12-7-5-11(19)6-8-12/h3-10,20H,2H2,1H3. The number of fused-ring (bicyclic) bond motifs is 1. The van der Waals surface area contributed by atoms with Crippen LogP contribution in [0.1, 0.15) is 19.0 Å². The molecule has 0 bridgehead atoms. The Bertz CT molecular complexity index is 1000. The Hall–Kier alpha value is -2.45. The van der Waals surface area contributed by atoms with Crippen molar-refractivity contribution < 1.29 is 4.79 Å². The lowest BCUT2D eigenvalue weighted by molar-refractivity contribution is -0.114. The number of benzene rings is 1. The van der Waals surface area contributed by atoms with Crippen LogP contribution in [0.5, 0.6) is 0 Å². The molecular weight excluding hydrogens is 414 g/mol. The van der Waals surface area contributed by atoms with E-state index in [4.69, 9.17) is 5.41 Å². The highest BCUT2D eigenvalue weighted by Gasteiger charge is 2.35. The summed E-state index contributed by atoms with van der Waals surface area (Å²) < 4.78 is 2.95. The highest BCUT2D eigenvalue weighted by Crippen LogP contribution is 2.29. The van der Waals surface area contributed by atoms with Gasteiger partial charge >= 0.3 is 0 Å². The maximum absolute atomic E-state index is 12.5. The van der Waals surface area contributed by atoms with Crippen molar-refractivity contribution in [2.24, 2.45) is 10.1 Å². The van der Waals surface area contributed by atoms with Gasteiger partial charge in [0, 0.05) is 22.1 Å². The maximum atomic E-state index is 12.5. The minimum Gasteiger partial charge on any atom is -0.317 e. The van der Waals surface area contributed by atoms with E-state index in [0.717, 1.165) is 27.3 Å². The SMILES string of the molecule is CCC1=NN2C(=N)C(=Cc3cccn3-c3ccc(Br)cc3)C(=O)N=C2S1. The van der Waals surface area contributed by atoms with Gasteiger partial charge in [0.25, 0.3) is 5.91 Å². The van der Waals surface area contributed by atoms with E-state index in [9.17, 15) is 4.79 Å². The van der Waals surface area contributed by atoms with Crippen molar-refractivity contribution in [3.63, 3.8) is 0 Å². The van der Waals surface area contributed by atoms with E-state index in [1.54, 1.807) is 6.08 Å². The summed E-state index contributed by atoms with van der Waals surface area (Å²) in [7, 11) is 0. The molecule has 2 aliphatic rings. The van der Waals surface area contributed by atoms with Crippen LogP contribution >= 0.6 is 27.7 Å². The number of carbonyl (C=O) groups is 1. The molecule has 130 valence electrons. The van der Waals surface area contributed by atoms with Gasteiger partial charge < -0.3 is 4.57 Å². The number of rotatable bonds is 3. The third-order valence-electron chi connectivity index (χ3n) is 3.98. The van der Waals surface area contributed by atoms with E-state index in [1.165, 1.54) is 16.8 Å². The van der Waals surface area contributed by atoms with Gasteiger partial charge in [-0.2, -0.15) is 15.1 Å². The molecule has 0 saturated carbocycles. The first kappa shape index (κ1) is 17.0. The molecule has 0 radical (unpaired) electrons. The molecule has 2 aliphatic heterocycles. The first-order valence-electron chi connectivity index (χ1n) is 7.99. The lowest BCUT2D eigenvalue weighted by Gasteiger charge is -2.20. The van der Waals surface area contributed by atoms with E-state index in [0.29, 0.717) is 5.17 Å². The minimum absolute atomic E-state index is 0.0551. The van der Waals surface area contributed by atoms with Crippen molar-refractivity contribution in [2.75, 3.05) is 0 Å². The monoisotopic (exact) mass is 427 g/mol. The molecule has 1 aromatic heterocycles. The molecule has 4 rings (SSSR count). The van der Waals surface area contributed by atoms with Crippen LogP contribution in [0.3, 0.4) is 0 Å². The van der Waals surface area contributed by atoms with Crippen molar-refractivity contribution in [1.29, 1.82) is 5.41 Å². The largest absolute Gasteiger partial charge is 0.317 e. The average molecular weight is 428 g/mol. The molecule has 0 saturated heterocycles. The summed E-state index contributed by atoms with van der Waals surface area (Å²) in [6.45, 7) is 1.98. The fourth-order valence-corrected chi connectivity index (χ4v) is 3.76. The summed E-state index contributed by atoms with van der Waals surface area (Å²) in [5.41, 5.74) is 1.99. The van der Waals surface area contributed by atoms with Crippen LogP contribution in [0.15, 0.2) is 62.7 Å². The number of aromatic nitrogens is 1. The Morgan fingerprint density at radius 1 is 1.27 bits per heavy atom. The summed E-state index contributed by atoms with van der Waals surface area (Å²) in [5.74, 6) is -0.357. The zero-order valence-corrected chi connectivity index (χ0v) is 16.2. The van der Waals surface area contributed by atoms with Gasteiger partial charge in [-0.15, -0.1) is 0 Å². The molecule has 0 fully saturated rings. The number of hydrazone groups is 1. The Morgan fingerprint density at radius 2 is 2.04 bits per heavy atom. The van der Waals surface area contributed by atoms with Crippen molar-refractivity contribution in [3.05, 3.63) is 58.3 Å². The van der Waals surface area contributed by atoms with Crippen LogP contribution in [0, 0.1) is 5.41 Å². The molecule has 0 spiro atoms. The zero-order chi connectivity index (χ0) is 18.3. The third kappa shape index (κ3) is 2.95. The molecule has 26 heavy (non-hydrogen) atoms. The molecule has 1 aromatic carbocycles. The van der Waals surface area contributed by atoms with Crippen LogP contribution in [0.2, 0.25) is 0 Å². The van der Waals surface area contributed by atoms with Gasteiger partial charge in [-0.05, 0) is 60.7 Å². The molecule has 2 aromatic rings. The quantitative estimate of drug-likeness (QED) is 0.743. The van der Waals surface area contributed by atoms with Crippen molar-refractivity contribution in [3.8, 4) is 5.69 Å². The van der Waals surface area contributed by atoms with Crippen LogP contribution in [-0.2, 0) is 4.79 Å². The van der Waals surface area contributed by atoms with Crippen molar-refractivity contribution in [1.82, 2.24) is 9.58 Å². The first-order valence-corrected chi connectivity index (χ1v) is 9.60. The molecule has 0 atom stereocenters. The van der Waals surface area contributed by atoms with E-state index < -0.39 is 5.91 Å². The molecular formula is C18H14BrN5OS. The summed E-state index contributed by atoms with van der Waals surface area (Å²) >= 11 is 4.77. The van der Waals surface area contributed by atoms with Gasteiger partial charge in [0.15, 0.2) is 5.84 Å². The summed E-state index contributed by atoms with van der Waals surface area (Å²) in [5, 5.41) is 15.5. The number of nitrogens with zero attached hydrogens (tertiary/aromatic N) is 4. The number of nitrogens with one attached hydrogen (secondary N) is 1. The first-order chi connectivity index (χ1) is 12.6. The summed E-state index contributed by atoms with van der Waals surface area (Å²) in [6.07, 6.45) is 4.35. The second kappa shape index (κ2) is 6.69. The van der Waals surface area contributed by atoms with Crippen LogP contribution in [0.4, 0.5) is 0 Å². The lowest BCUT2D eigenvalue weighted by Crippen LogP contribution is -2.35. The number of amides is 1. The fourth-order valence-electron chi connectivity index (χ4n) is 2.67. The van der Waals surface area contributed by atoms with Gasteiger partial charge in [0.1, 0.15) is 5.04 Å². The Balaban J connectivity index is 1.73. The maximum Gasteiger partial charge on any atom is 0.283 e. The van der Waals surface area contributed by atoms with Crippen molar-refractivity contribution in [2.45, 2.75) is 13.3 Å². The molecule has 0 unspecified atom stereocenters. The third-order valence-corrected chi connectivity index (χ3v) is 5.56. The van der Waals surface area contributed by atoms with E-state index >= 15 is 0 Å². The van der Waals surface area contributed by atoms with E-state index in [-0.39, 0.29) is 11.4 Å². The summed E-state index contributed by atoms with van der Waals surface area (Å²) in [4.78, 5) is 16.6. The second-order valence-corrected chi connectivity index (χ2v) is 7.60. The fraction of sp³-hybridized carbons (Fsp3) is 0.111. The molecule has 0 aliphatic carbocycles. The summed E-state index contributed by atoms with van der Waals surface area (Å²) in [6, 6.07) is 11.7. The number of halogens is 1. The van der Waals surface area contributed by atoms with Gasteiger partial charge in [-0.25, -0.2) is 0 Å². The van der Waals surface area contributed by atoms with Crippen molar-refractivity contribution >= 4 is 55.7 Å². The number of amidine groups is 2. The highest BCUT2D eigenvalue weighted by atomic mass is 79.9. The van der Waals surface area contributed by atoms with Crippen LogP contribution in [0.25, 0.3) is 11.8 Å². The molecule has 6 nitrogen and oxygen atoms in total. The zero-order valence-electron chi connectivity index (χ0n) is 13.8. The van der Waals surface area contributed by atoms with Gasteiger partial charge in [0.2, 0.25) is 5.17 Å². The molecule has 8 heteroatoms. The smallest absolute Gasteiger partial charge is 0.283 e. The predicted octanol–water partition coefficient (Wildman–Crippen LogP) is 4.27. The second-order valence-electron chi connectivity index (χ2n) is 5.65. The van der Waals surface area contributed by atoms with Gasteiger partial charge in [-0.3, -0.25) is 10.2 Å². The Morgan fingerprint density at radius 3 is 2.77 bits per heavy atom.